The van der Waals surface area contributed by atoms with Gasteiger partial charge in [-0.2, -0.15) is 0 Å². The van der Waals surface area contributed by atoms with Crippen LogP contribution in [0.3, 0.4) is 0 Å². The number of benzene rings is 1. The molecule has 0 N–H and O–H groups in total. The minimum atomic E-state index is -0.144. The molecule has 6 rings (SSSR count). The van der Waals surface area contributed by atoms with Crippen LogP contribution in [-0.2, 0) is 36.1 Å². The standard InChI is InChI=1S/C31H33Cl2N7O3/c1-38-19-36-27-18-40(8-5-28(27)38)31-34-15-25(16-35-31)43-29-10-21(9-26(37-29)22-12-23(32)14-24(33)13-22)17-39-6-3-20(4-7-39)11-30(41)42-2/h9-10,12-16,19-20H,3-8,11,17-18H2,1-2H3. The zero-order valence-corrected chi connectivity index (χ0v) is 25.7. The second kappa shape index (κ2) is 12.9. The number of imidazole rings is 1. The number of ether oxygens (including phenoxy) is 2. The first-order valence-corrected chi connectivity index (χ1v) is 15.1. The fraction of sp³-hybridized carbons (Fsp3) is 0.387. The van der Waals surface area contributed by atoms with Crippen molar-refractivity contribution in [2.24, 2.45) is 13.0 Å². The Balaban J connectivity index is 1.19. The first kappa shape index (κ1) is 29.3. The molecule has 5 heterocycles. The fourth-order valence-corrected chi connectivity index (χ4v) is 6.28. The van der Waals surface area contributed by atoms with E-state index < -0.39 is 0 Å². The summed E-state index contributed by atoms with van der Waals surface area (Å²) in [7, 11) is 3.46. The van der Waals surface area contributed by atoms with E-state index in [1.165, 1.54) is 12.8 Å². The topological polar surface area (TPSA) is 98.5 Å². The van der Waals surface area contributed by atoms with Gasteiger partial charge in [0.05, 0.1) is 43.8 Å². The van der Waals surface area contributed by atoms with E-state index in [2.05, 4.69) is 29.3 Å². The van der Waals surface area contributed by atoms with Gasteiger partial charge >= 0.3 is 5.97 Å². The quantitative estimate of drug-likeness (QED) is 0.229. The van der Waals surface area contributed by atoms with Crippen LogP contribution >= 0.6 is 23.2 Å². The maximum Gasteiger partial charge on any atom is 0.305 e. The molecule has 0 spiro atoms. The number of methoxy groups -OCH3 is 1. The van der Waals surface area contributed by atoms with E-state index in [1.54, 1.807) is 18.5 Å². The number of hydrogen-bond acceptors (Lipinski definition) is 9. The van der Waals surface area contributed by atoms with Crippen LogP contribution in [0.4, 0.5) is 5.95 Å². The average Bonchev–Trinajstić information content (AvgIpc) is 3.37. The van der Waals surface area contributed by atoms with Crippen molar-refractivity contribution >= 4 is 35.1 Å². The number of aromatic nitrogens is 5. The molecule has 1 fully saturated rings. The summed E-state index contributed by atoms with van der Waals surface area (Å²) in [4.78, 5) is 34.7. The lowest BCUT2D eigenvalue weighted by Gasteiger charge is -2.31. The van der Waals surface area contributed by atoms with Gasteiger partial charge in [-0.15, -0.1) is 0 Å². The molecule has 0 amide bonds. The van der Waals surface area contributed by atoms with Crippen LogP contribution in [0.1, 0.15) is 36.2 Å². The molecule has 2 aliphatic heterocycles. The molecule has 1 aromatic carbocycles. The summed E-state index contributed by atoms with van der Waals surface area (Å²) in [5.41, 5.74) is 4.85. The highest BCUT2D eigenvalue weighted by Crippen LogP contribution is 2.31. The normalized spacial score (nSPS) is 15.8. The van der Waals surface area contributed by atoms with Crippen molar-refractivity contribution in [3.05, 3.63) is 76.0 Å². The summed E-state index contributed by atoms with van der Waals surface area (Å²) in [5.74, 6) is 1.76. The van der Waals surface area contributed by atoms with Gasteiger partial charge in [-0.25, -0.2) is 19.9 Å². The zero-order chi connectivity index (χ0) is 29.9. The smallest absolute Gasteiger partial charge is 0.305 e. The predicted molar refractivity (Wildman–Crippen MR) is 164 cm³/mol. The van der Waals surface area contributed by atoms with Gasteiger partial charge in [0.25, 0.3) is 0 Å². The first-order valence-electron chi connectivity index (χ1n) is 14.3. The number of fused-ring (bicyclic) bond motifs is 1. The molecule has 0 atom stereocenters. The molecule has 1 saturated heterocycles. The summed E-state index contributed by atoms with van der Waals surface area (Å²) >= 11 is 12.6. The highest BCUT2D eigenvalue weighted by atomic mass is 35.5. The molecular weight excluding hydrogens is 589 g/mol. The second-order valence-corrected chi connectivity index (χ2v) is 12.0. The van der Waals surface area contributed by atoms with E-state index in [0.29, 0.717) is 58.7 Å². The van der Waals surface area contributed by atoms with E-state index in [9.17, 15) is 4.79 Å². The van der Waals surface area contributed by atoms with E-state index in [0.717, 1.165) is 55.7 Å². The van der Waals surface area contributed by atoms with Crippen LogP contribution in [0.5, 0.6) is 11.6 Å². The number of esters is 1. The Bertz CT molecular complexity index is 1580. The first-order chi connectivity index (χ1) is 20.8. The van der Waals surface area contributed by atoms with Crippen molar-refractivity contribution in [3.8, 4) is 22.9 Å². The lowest BCUT2D eigenvalue weighted by molar-refractivity contribution is -0.142. The van der Waals surface area contributed by atoms with E-state index in [4.69, 9.17) is 37.7 Å². The number of likely N-dealkylation sites (tertiary alicyclic amines) is 1. The Morgan fingerprint density at radius 3 is 2.47 bits per heavy atom. The number of halogens is 2. The Hall–Kier alpha value is -3.73. The van der Waals surface area contributed by atoms with Crippen molar-refractivity contribution in [2.45, 2.75) is 38.8 Å². The summed E-state index contributed by atoms with van der Waals surface area (Å²) in [6.07, 6.45) is 8.46. The van der Waals surface area contributed by atoms with Gasteiger partial charge in [0, 0.05) is 60.3 Å². The SMILES string of the molecule is COC(=O)CC1CCN(Cc2cc(Oc3cnc(N4CCc5c(ncn5C)C4)nc3)nc(-c3cc(Cl)cc(Cl)c3)c2)CC1. The predicted octanol–water partition coefficient (Wildman–Crippen LogP) is 5.71. The number of carbonyl (C=O) groups excluding carboxylic acids is 1. The van der Waals surface area contributed by atoms with Gasteiger partial charge in [0.1, 0.15) is 0 Å². The third-order valence-corrected chi connectivity index (χ3v) is 8.48. The number of piperidine rings is 1. The Morgan fingerprint density at radius 1 is 1.00 bits per heavy atom. The van der Waals surface area contributed by atoms with Crippen molar-refractivity contribution in [1.29, 1.82) is 0 Å². The Kier molecular flexibility index (Phi) is 8.78. The molecular formula is C31H33Cl2N7O3. The molecule has 4 aromatic rings. The van der Waals surface area contributed by atoms with E-state index in [1.807, 2.05) is 37.6 Å². The third kappa shape index (κ3) is 7.09. The number of nitrogens with zero attached hydrogens (tertiary/aromatic N) is 7. The van der Waals surface area contributed by atoms with Crippen molar-refractivity contribution in [2.75, 3.05) is 31.6 Å². The Morgan fingerprint density at radius 2 is 1.74 bits per heavy atom. The number of rotatable bonds is 8. The highest BCUT2D eigenvalue weighted by molar-refractivity contribution is 6.35. The molecule has 0 bridgehead atoms. The van der Waals surface area contributed by atoms with Crippen LogP contribution in [0.25, 0.3) is 11.3 Å². The van der Waals surface area contributed by atoms with Crippen molar-refractivity contribution < 1.29 is 14.3 Å². The van der Waals surface area contributed by atoms with Gasteiger partial charge in [-0.3, -0.25) is 9.69 Å². The minimum absolute atomic E-state index is 0.144. The van der Waals surface area contributed by atoms with E-state index in [-0.39, 0.29) is 5.97 Å². The zero-order valence-electron chi connectivity index (χ0n) is 24.2. The lowest BCUT2D eigenvalue weighted by Crippen LogP contribution is -2.34. The molecule has 0 radical (unpaired) electrons. The van der Waals surface area contributed by atoms with Crippen LogP contribution < -0.4 is 9.64 Å². The molecule has 12 heteroatoms. The van der Waals surface area contributed by atoms with Gasteiger partial charge < -0.3 is 18.9 Å². The van der Waals surface area contributed by atoms with Crippen LogP contribution in [0, 0.1) is 5.92 Å². The summed E-state index contributed by atoms with van der Waals surface area (Å²) in [5, 5.41) is 1.06. The molecule has 224 valence electrons. The molecule has 3 aromatic heterocycles. The average molecular weight is 623 g/mol. The molecule has 2 aliphatic rings. The van der Waals surface area contributed by atoms with Gasteiger partial charge in [-0.05, 0) is 61.7 Å². The summed E-state index contributed by atoms with van der Waals surface area (Å²) in [6, 6.07) is 9.35. The van der Waals surface area contributed by atoms with Crippen LogP contribution in [-0.4, -0.2) is 62.1 Å². The molecule has 10 nitrogen and oxygen atoms in total. The monoisotopic (exact) mass is 621 g/mol. The molecule has 0 saturated carbocycles. The van der Waals surface area contributed by atoms with Crippen molar-refractivity contribution in [3.63, 3.8) is 0 Å². The molecule has 0 unspecified atom stereocenters. The fourth-order valence-electron chi connectivity index (χ4n) is 5.75. The van der Waals surface area contributed by atoms with E-state index >= 15 is 0 Å². The number of aryl methyl sites for hydroxylation is 1. The molecule has 0 aliphatic carbocycles. The van der Waals surface area contributed by atoms with Crippen LogP contribution in [0.2, 0.25) is 10.0 Å². The maximum absolute atomic E-state index is 11.7. The number of pyridine rings is 1. The minimum Gasteiger partial charge on any atom is -0.469 e. The maximum atomic E-state index is 11.7. The van der Waals surface area contributed by atoms with Gasteiger partial charge in [-0.1, -0.05) is 23.2 Å². The summed E-state index contributed by atoms with van der Waals surface area (Å²) in [6.45, 7) is 3.99. The van der Waals surface area contributed by atoms with Crippen molar-refractivity contribution in [1.82, 2.24) is 29.4 Å². The number of anilines is 1. The summed E-state index contributed by atoms with van der Waals surface area (Å²) < 4.78 is 13.1. The lowest BCUT2D eigenvalue weighted by atomic mass is 9.93. The van der Waals surface area contributed by atoms with Gasteiger partial charge in [0.2, 0.25) is 11.8 Å². The van der Waals surface area contributed by atoms with Crippen LogP contribution in [0.15, 0.2) is 49.1 Å². The Labute approximate surface area is 260 Å². The third-order valence-electron chi connectivity index (χ3n) is 8.04. The highest BCUT2D eigenvalue weighted by Gasteiger charge is 2.23. The molecule has 43 heavy (non-hydrogen) atoms. The second-order valence-electron chi connectivity index (χ2n) is 11.1. The number of carbonyl (C=O) groups is 1. The van der Waals surface area contributed by atoms with Gasteiger partial charge in [0.15, 0.2) is 5.75 Å². The largest absolute Gasteiger partial charge is 0.469 e. The number of hydrogen-bond donors (Lipinski definition) is 0.